The standard InChI is InChI=1S/C57H37N5O.C57H37N5S/c1-5-15-39(16-6-1)55-58-56(40-17-7-2-8-18-40)60-57(59-55)42-28-33-53-49(36-42)50-37-46(31-34-54(50)63-53)62-51-24-14-13-23-47(51)48-35-41(27-32-52(48)62)38-25-29-45(30-26-38)61(43-19-9-3-10-20-43)44-21-11-4-12-22-44;1-5-17-39(18-6-1)55-58-56(40-19-7-2-8-20-40)60-57(59-55)48-28-15-26-46-47-27-16-30-52(54(47)63-53(46)48)62-50-29-14-13-25-45(50)49-37-41(33-36-51(49)62)38-31-34-44(35-32-38)61(42-21-9-3-10-22-42)43-23-11-4-12-24-43/h2*1-37H. The molecular weight excluding hydrogens is 1560 g/mol. The number of aromatic nitrogens is 8. The molecule has 0 spiro atoms. The van der Waals surface area contributed by atoms with Gasteiger partial charge in [-0.3, -0.25) is 0 Å². The molecule has 18 aromatic carbocycles. The number of benzene rings is 18. The first kappa shape index (κ1) is 74.3. The molecule has 6 aromatic heterocycles. The summed E-state index contributed by atoms with van der Waals surface area (Å²) in [5.74, 6) is 3.83. The molecule has 0 saturated carbocycles. The fraction of sp³-hybridized carbons (Fsp3) is 0. The summed E-state index contributed by atoms with van der Waals surface area (Å²) < 4.78 is 13.6. The Labute approximate surface area is 730 Å². The zero-order valence-corrected chi connectivity index (χ0v) is 68.8. The van der Waals surface area contributed by atoms with Crippen LogP contribution in [0.4, 0.5) is 34.1 Å². The second-order valence-electron chi connectivity index (χ2n) is 31.3. The summed E-state index contributed by atoms with van der Waals surface area (Å²) >= 11 is 1.80. The minimum absolute atomic E-state index is 0.604. The van der Waals surface area contributed by atoms with Crippen LogP contribution in [-0.4, -0.2) is 39.0 Å². The van der Waals surface area contributed by atoms with E-state index in [0.717, 1.165) is 128 Å². The summed E-state index contributed by atoms with van der Waals surface area (Å²) in [4.78, 5) is 34.7. The maximum absolute atomic E-state index is 6.45. The van der Waals surface area contributed by atoms with E-state index in [9.17, 15) is 0 Å². The predicted octanol–water partition coefficient (Wildman–Crippen LogP) is 30.5. The van der Waals surface area contributed by atoms with Gasteiger partial charge in [-0.1, -0.05) is 291 Å². The van der Waals surface area contributed by atoms with Crippen molar-refractivity contribution in [2.24, 2.45) is 0 Å². The highest BCUT2D eigenvalue weighted by atomic mass is 32.1. The Balaban J connectivity index is 0.000000145. The fourth-order valence-electron chi connectivity index (χ4n) is 17.7. The van der Waals surface area contributed by atoms with E-state index in [-0.39, 0.29) is 0 Å². The van der Waals surface area contributed by atoms with Gasteiger partial charge in [-0.25, -0.2) is 29.9 Å². The molecule has 11 nitrogen and oxygen atoms in total. The summed E-state index contributed by atoms with van der Waals surface area (Å²) in [7, 11) is 0. The quantitative estimate of drug-likeness (QED) is 0.0935. The van der Waals surface area contributed by atoms with E-state index in [1.54, 1.807) is 11.3 Å². The highest BCUT2D eigenvalue weighted by Gasteiger charge is 2.25. The SMILES string of the molecule is c1ccc(-c2nc(-c3ccccc3)nc(-c3ccc4oc5ccc(-n6c7ccccc7c7cc(-c8ccc(N(c9ccccc9)c9ccccc9)cc8)ccc76)cc5c4c3)n2)cc1.c1ccc(-c2nc(-c3ccccc3)nc(-c3cccc4c3sc3c(-n5c6ccccc6c6cc(-c7ccc(N(c8ccccc8)c8ccccc8)cc7)ccc65)cccc34)n2)cc1. The van der Waals surface area contributed by atoms with E-state index in [1.165, 1.54) is 59.2 Å². The predicted molar refractivity (Wildman–Crippen MR) is 521 cm³/mol. The van der Waals surface area contributed by atoms with Gasteiger partial charge in [0.05, 0.1) is 32.5 Å². The van der Waals surface area contributed by atoms with E-state index in [1.807, 2.05) is 109 Å². The Morgan fingerprint density at radius 3 is 0.968 bits per heavy atom. The van der Waals surface area contributed by atoms with Crippen molar-refractivity contribution in [2.45, 2.75) is 0 Å². The molecule has 0 aliphatic heterocycles. The third kappa shape index (κ3) is 13.7. The molecule has 0 atom stereocenters. The minimum atomic E-state index is 0.604. The first-order valence-electron chi connectivity index (χ1n) is 42.2. The number of para-hydroxylation sites is 6. The van der Waals surface area contributed by atoms with E-state index in [0.29, 0.717) is 34.9 Å². The van der Waals surface area contributed by atoms with Gasteiger partial charge in [-0.15, -0.1) is 11.3 Å². The van der Waals surface area contributed by atoms with Crippen LogP contribution in [-0.2, 0) is 0 Å². The van der Waals surface area contributed by atoms with Crippen molar-refractivity contribution in [1.29, 1.82) is 0 Å². The van der Waals surface area contributed by atoms with Crippen molar-refractivity contribution in [3.63, 3.8) is 0 Å². The molecule has 24 aromatic rings. The van der Waals surface area contributed by atoms with Crippen molar-refractivity contribution in [1.82, 2.24) is 39.0 Å². The summed E-state index contributed by atoms with van der Waals surface area (Å²) in [6, 6.07) is 157. The van der Waals surface area contributed by atoms with Crippen molar-refractivity contribution < 1.29 is 4.42 Å². The molecule has 24 rings (SSSR count). The lowest BCUT2D eigenvalue weighted by Crippen LogP contribution is -2.09. The Hall–Kier alpha value is -16.8. The third-order valence-corrected chi connectivity index (χ3v) is 25.0. The molecule has 0 aliphatic rings. The van der Waals surface area contributed by atoms with Crippen molar-refractivity contribution in [3.05, 3.63) is 449 Å². The number of rotatable bonds is 16. The van der Waals surface area contributed by atoms with Crippen LogP contribution in [0, 0.1) is 0 Å². The molecular formula is C114H74N10OS. The number of hydrogen-bond donors (Lipinski definition) is 0. The molecule has 126 heavy (non-hydrogen) atoms. The van der Waals surface area contributed by atoms with Crippen LogP contribution in [0.3, 0.4) is 0 Å². The lowest BCUT2D eigenvalue weighted by Gasteiger charge is -2.25. The lowest BCUT2D eigenvalue weighted by atomic mass is 10.0. The Morgan fingerprint density at radius 2 is 0.516 bits per heavy atom. The van der Waals surface area contributed by atoms with E-state index < -0.39 is 0 Å². The monoisotopic (exact) mass is 1630 g/mol. The van der Waals surface area contributed by atoms with E-state index in [2.05, 4.69) is 359 Å². The van der Waals surface area contributed by atoms with Crippen LogP contribution in [0.15, 0.2) is 453 Å². The van der Waals surface area contributed by atoms with Gasteiger partial charge in [0.1, 0.15) is 11.2 Å². The lowest BCUT2D eigenvalue weighted by molar-refractivity contribution is 0.669. The van der Waals surface area contributed by atoms with E-state index in [4.69, 9.17) is 34.3 Å². The number of fused-ring (bicyclic) bond motifs is 12. The average Bonchev–Trinajstić information content (AvgIpc) is 1.61. The largest absolute Gasteiger partial charge is 0.456 e. The average molecular weight is 1630 g/mol. The van der Waals surface area contributed by atoms with Crippen LogP contribution in [0.2, 0.25) is 0 Å². The van der Waals surface area contributed by atoms with Gasteiger partial charge in [0.15, 0.2) is 34.9 Å². The van der Waals surface area contributed by atoms with Gasteiger partial charge in [-0.05, 0) is 180 Å². The zero-order chi connectivity index (χ0) is 83.4. The number of nitrogens with zero attached hydrogens (tertiary/aromatic N) is 10. The normalized spacial score (nSPS) is 11.5. The van der Waals surface area contributed by atoms with Crippen LogP contribution in [0.1, 0.15) is 0 Å². The summed E-state index contributed by atoms with van der Waals surface area (Å²) in [6.07, 6.45) is 0. The number of hydrogen-bond acceptors (Lipinski definition) is 10. The summed E-state index contributed by atoms with van der Waals surface area (Å²) in [5.41, 5.74) is 25.4. The molecule has 0 bridgehead atoms. The number of thiophene rings is 1. The Morgan fingerprint density at radius 1 is 0.198 bits per heavy atom. The molecule has 0 N–H and O–H groups in total. The zero-order valence-electron chi connectivity index (χ0n) is 68.0. The van der Waals surface area contributed by atoms with E-state index >= 15 is 0 Å². The molecule has 0 unspecified atom stereocenters. The summed E-state index contributed by atoms with van der Waals surface area (Å²) in [5, 5.41) is 9.23. The minimum Gasteiger partial charge on any atom is -0.456 e. The first-order chi connectivity index (χ1) is 62.5. The highest BCUT2D eigenvalue weighted by molar-refractivity contribution is 7.26. The second-order valence-corrected chi connectivity index (χ2v) is 32.3. The molecule has 0 radical (unpaired) electrons. The molecule has 0 saturated heterocycles. The molecule has 12 heteroatoms. The fourth-order valence-corrected chi connectivity index (χ4v) is 19.0. The highest BCUT2D eigenvalue weighted by Crippen LogP contribution is 2.47. The molecule has 6 heterocycles. The van der Waals surface area contributed by atoms with Gasteiger partial charge in [0, 0.05) is 121 Å². The number of furan rings is 1. The van der Waals surface area contributed by atoms with Crippen molar-refractivity contribution in [3.8, 4) is 102 Å². The van der Waals surface area contributed by atoms with Crippen LogP contribution in [0.25, 0.3) is 188 Å². The van der Waals surface area contributed by atoms with Crippen molar-refractivity contribution >= 4 is 131 Å². The van der Waals surface area contributed by atoms with Gasteiger partial charge in [-0.2, -0.15) is 0 Å². The molecule has 592 valence electrons. The first-order valence-corrected chi connectivity index (χ1v) is 43.0. The van der Waals surface area contributed by atoms with Gasteiger partial charge < -0.3 is 23.4 Å². The van der Waals surface area contributed by atoms with Crippen LogP contribution in [0.5, 0.6) is 0 Å². The Bertz CT molecular complexity index is 7980. The second kappa shape index (κ2) is 32.0. The van der Waals surface area contributed by atoms with Crippen LogP contribution < -0.4 is 9.80 Å². The molecule has 0 fully saturated rings. The van der Waals surface area contributed by atoms with Crippen LogP contribution >= 0.6 is 11.3 Å². The summed E-state index contributed by atoms with van der Waals surface area (Å²) in [6.45, 7) is 0. The third-order valence-electron chi connectivity index (χ3n) is 23.7. The maximum atomic E-state index is 6.45. The number of anilines is 6. The topological polar surface area (TPSA) is 107 Å². The van der Waals surface area contributed by atoms with Gasteiger partial charge in [0.25, 0.3) is 0 Å². The van der Waals surface area contributed by atoms with Crippen molar-refractivity contribution in [2.75, 3.05) is 9.80 Å². The Kier molecular flexibility index (Phi) is 18.8. The smallest absolute Gasteiger partial charge is 0.165 e. The molecule has 0 aliphatic carbocycles. The van der Waals surface area contributed by atoms with Gasteiger partial charge >= 0.3 is 0 Å². The van der Waals surface area contributed by atoms with Gasteiger partial charge in [0.2, 0.25) is 0 Å². The molecule has 0 amide bonds. The maximum Gasteiger partial charge on any atom is 0.165 e.